The zero-order chi connectivity index (χ0) is 34.9. The van der Waals surface area contributed by atoms with Gasteiger partial charge in [-0.3, -0.25) is 0 Å². The Balaban J connectivity index is 1.39. The maximum atomic E-state index is 2.85. The van der Waals surface area contributed by atoms with Crippen LogP contribution >= 0.6 is 0 Å². The number of allylic oxidation sites excluding steroid dienone is 1. The van der Waals surface area contributed by atoms with E-state index >= 15 is 0 Å². The highest BCUT2D eigenvalue weighted by atomic mass is 28.3. The van der Waals surface area contributed by atoms with Gasteiger partial charge in [-0.2, -0.15) is 0 Å². The number of benzene rings is 5. The van der Waals surface area contributed by atoms with Gasteiger partial charge in [-0.05, 0) is 120 Å². The second kappa shape index (κ2) is 12.7. The van der Waals surface area contributed by atoms with E-state index in [-0.39, 0.29) is 6.71 Å². The van der Waals surface area contributed by atoms with E-state index in [0.29, 0.717) is 18.0 Å². The molecule has 0 saturated heterocycles. The third-order valence-electron chi connectivity index (χ3n) is 13.0. The van der Waals surface area contributed by atoms with Crippen molar-refractivity contribution in [2.24, 2.45) is 11.8 Å². The van der Waals surface area contributed by atoms with Crippen molar-refractivity contribution in [3.05, 3.63) is 132 Å². The summed E-state index contributed by atoms with van der Waals surface area (Å²) in [4.78, 5) is 5.63. The standard InChI is InChI=1S/C47H51BN2Si/c1-32-16-22-36(23-17-32)49-43-26-20-34(3)28-41(43)48-42-29-35(4)21-27-44(42)50(37-24-18-33(2)19-25-37)46-31-40(30-45(49)47(46)48)51(5,38-12-8-6-9-13-38)39-14-10-7-11-15-39/h6-16,20-22,26-33,36-37H,17-19,23-25H2,1-5H3. The lowest BCUT2D eigenvalue weighted by atomic mass is 9.33. The molecule has 1 fully saturated rings. The Hall–Kier alpha value is -4.28. The molecule has 51 heavy (non-hydrogen) atoms. The molecule has 0 N–H and O–H groups in total. The van der Waals surface area contributed by atoms with Crippen molar-refractivity contribution in [3.8, 4) is 0 Å². The second-order valence-corrected chi connectivity index (χ2v) is 20.5. The van der Waals surface area contributed by atoms with Gasteiger partial charge in [0.2, 0.25) is 0 Å². The van der Waals surface area contributed by atoms with Crippen LogP contribution in [-0.2, 0) is 0 Å². The summed E-state index contributed by atoms with van der Waals surface area (Å²) in [5.74, 6) is 1.43. The van der Waals surface area contributed by atoms with Crippen molar-refractivity contribution in [2.75, 3.05) is 9.80 Å². The van der Waals surface area contributed by atoms with E-state index in [9.17, 15) is 0 Å². The largest absolute Gasteiger partial charge is 0.339 e. The molecule has 2 aliphatic carbocycles. The van der Waals surface area contributed by atoms with E-state index in [1.54, 1.807) is 0 Å². The van der Waals surface area contributed by atoms with Crippen LogP contribution in [0.2, 0.25) is 6.55 Å². The minimum Gasteiger partial charge on any atom is -0.339 e. The van der Waals surface area contributed by atoms with Crippen LogP contribution < -0.4 is 41.7 Å². The molecular weight excluding hydrogens is 631 g/mol. The molecule has 2 atom stereocenters. The summed E-state index contributed by atoms with van der Waals surface area (Å²) in [5, 5.41) is 4.44. The number of hydrogen-bond acceptors (Lipinski definition) is 2. The first-order chi connectivity index (χ1) is 24.8. The molecular formula is C47H51BN2Si. The van der Waals surface area contributed by atoms with Crippen LogP contribution in [0.1, 0.15) is 63.5 Å². The Morgan fingerprint density at radius 2 is 1.10 bits per heavy atom. The third kappa shape index (κ3) is 5.36. The normalized spacial score (nSPS) is 22.3. The summed E-state index contributed by atoms with van der Waals surface area (Å²) < 4.78 is 0. The van der Waals surface area contributed by atoms with Crippen molar-refractivity contribution in [2.45, 2.75) is 84.9 Å². The van der Waals surface area contributed by atoms with Gasteiger partial charge < -0.3 is 9.80 Å². The van der Waals surface area contributed by atoms with Gasteiger partial charge in [-0.1, -0.05) is 129 Å². The van der Waals surface area contributed by atoms with Crippen LogP contribution in [0.5, 0.6) is 0 Å². The highest BCUT2D eigenvalue weighted by Crippen LogP contribution is 2.43. The Morgan fingerprint density at radius 3 is 1.65 bits per heavy atom. The average Bonchev–Trinajstić information content (AvgIpc) is 3.16. The molecule has 2 heterocycles. The maximum Gasteiger partial charge on any atom is 0.252 e. The van der Waals surface area contributed by atoms with E-state index in [2.05, 4.69) is 165 Å². The summed E-state index contributed by atoms with van der Waals surface area (Å²) in [6, 6.07) is 43.8. The Kier molecular flexibility index (Phi) is 8.15. The van der Waals surface area contributed by atoms with Crippen LogP contribution in [0.25, 0.3) is 0 Å². The minimum absolute atomic E-state index is 0.205. The summed E-state index contributed by atoms with van der Waals surface area (Å²) in [7, 11) is -2.44. The van der Waals surface area contributed by atoms with Gasteiger partial charge in [0.15, 0.2) is 0 Å². The van der Waals surface area contributed by atoms with Gasteiger partial charge in [0.05, 0.1) is 6.04 Å². The highest BCUT2D eigenvalue weighted by Gasteiger charge is 2.47. The van der Waals surface area contributed by atoms with E-state index in [1.807, 2.05) is 0 Å². The molecule has 4 heteroatoms. The van der Waals surface area contributed by atoms with Crippen molar-refractivity contribution in [1.82, 2.24) is 0 Å². The predicted octanol–water partition coefficient (Wildman–Crippen LogP) is 7.76. The fraction of sp³-hybridized carbons (Fsp3) is 0.319. The predicted molar refractivity (Wildman–Crippen MR) is 224 cm³/mol. The smallest absolute Gasteiger partial charge is 0.252 e. The van der Waals surface area contributed by atoms with Crippen molar-refractivity contribution in [1.29, 1.82) is 0 Å². The molecule has 0 amide bonds. The van der Waals surface area contributed by atoms with Crippen molar-refractivity contribution >= 4 is 69.5 Å². The van der Waals surface area contributed by atoms with Crippen LogP contribution in [0.4, 0.5) is 22.7 Å². The fourth-order valence-electron chi connectivity index (χ4n) is 10.0. The molecule has 0 aromatic heterocycles. The first-order valence-corrected chi connectivity index (χ1v) is 22.1. The topological polar surface area (TPSA) is 6.48 Å². The van der Waals surface area contributed by atoms with Gasteiger partial charge in [0.25, 0.3) is 6.71 Å². The minimum atomic E-state index is -2.44. The molecule has 5 aromatic carbocycles. The number of nitrogens with zero attached hydrogens (tertiary/aromatic N) is 2. The summed E-state index contributed by atoms with van der Waals surface area (Å²) in [6.07, 6.45) is 12.5. The van der Waals surface area contributed by atoms with Gasteiger partial charge in [-0.25, -0.2) is 0 Å². The van der Waals surface area contributed by atoms with Crippen LogP contribution in [0.3, 0.4) is 0 Å². The molecule has 2 unspecified atom stereocenters. The lowest BCUT2D eigenvalue weighted by molar-refractivity contribution is 0.346. The van der Waals surface area contributed by atoms with Gasteiger partial charge in [0.1, 0.15) is 8.07 Å². The molecule has 0 radical (unpaired) electrons. The summed E-state index contributed by atoms with van der Waals surface area (Å²) in [6.45, 7) is 12.2. The van der Waals surface area contributed by atoms with E-state index in [4.69, 9.17) is 0 Å². The quantitative estimate of drug-likeness (QED) is 0.106. The SMILES string of the molecule is Cc1ccc2c(c1)B1c3cc(C)ccc3N(C3CCC(C)CC3)c3cc([Si](C)(c4ccccc4)c4ccccc4)cc(c31)N2C1C=CC(C)CC1. The summed E-state index contributed by atoms with van der Waals surface area (Å²) >= 11 is 0. The van der Waals surface area contributed by atoms with Gasteiger partial charge in [-0.15, -0.1) is 0 Å². The molecule has 256 valence electrons. The Morgan fingerprint density at radius 1 is 0.549 bits per heavy atom. The van der Waals surface area contributed by atoms with Gasteiger partial charge >= 0.3 is 0 Å². The zero-order valence-electron chi connectivity index (χ0n) is 31.1. The molecule has 5 aromatic rings. The summed E-state index contributed by atoms with van der Waals surface area (Å²) in [5.41, 5.74) is 12.9. The molecule has 1 saturated carbocycles. The first-order valence-electron chi connectivity index (χ1n) is 19.6. The molecule has 4 aliphatic rings. The van der Waals surface area contributed by atoms with E-state index in [0.717, 1.165) is 5.92 Å². The molecule has 0 bridgehead atoms. The average molecular weight is 683 g/mol. The van der Waals surface area contributed by atoms with Crippen molar-refractivity contribution in [3.63, 3.8) is 0 Å². The fourth-order valence-corrected chi connectivity index (χ4v) is 13.6. The monoisotopic (exact) mass is 682 g/mol. The zero-order valence-corrected chi connectivity index (χ0v) is 32.1. The lowest BCUT2D eigenvalue weighted by Gasteiger charge is -2.50. The van der Waals surface area contributed by atoms with Crippen LogP contribution in [-0.4, -0.2) is 26.9 Å². The third-order valence-corrected chi connectivity index (χ3v) is 17.4. The highest BCUT2D eigenvalue weighted by molar-refractivity contribution is 7.11. The first kappa shape index (κ1) is 32.6. The van der Waals surface area contributed by atoms with Gasteiger partial charge in [0, 0.05) is 28.8 Å². The van der Waals surface area contributed by atoms with E-state index in [1.165, 1.54) is 104 Å². The molecule has 9 rings (SSSR count). The number of hydrogen-bond donors (Lipinski definition) is 0. The number of anilines is 4. The number of rotatable bonds is 5. The molecule has 0 spiro atoms. The molecule has 2 aliphatic heterocycles. The van der Waals surface area contributed by atoms with E-state index < -0.39 is 8.07 Å². The van der Waals surface area contributed by atoms with Crippen molar-refractivity contribution < 1.29 is 0 Å². The number of aryl methyl sites for hydroxylation is 2. The van der Waals surface area contributed by atoms with Crippen LogP contribution in [0, 0.1) is 25.7 Å². The Labute approximate surface area is 307 Å². The lowest BCUT2D eigenvalue weighted by Crippen LogP contribution is -2.67. The second-order valence-electron chi connectivity index (χ2n) is 16.5. The Bertz CT molecular complexity index is 2080. The van der Waals surface area contributed by atoms with Crippen LogP contribution in [0.15, 0.2) is 121 Å². The maximum absolute atomic E-state index is 2.85. The molecule has 2 nitrogen and oxygen atoms in total. The number of fused-ring (bicyclic) bond motifs is 4.